The Morgan fingerprint density at radius 1 is 1.35 bits per heavy atom. The Morgan fingerprint density at radius 3 is 2.60 bits per heavy atom. The first-order chi connectivity index (χ1) is 9.49. The SMILES string of the molecule is CC(=O)N1CCN(CCNS(=O)(=O)c2cccs2)CC1. The van der Waals surface area contributed by atoms with E-state index in [0.717, 1.165) is 13.1 Å². The normalized spacial score (nSPS) is 17.4. The van der Waals surface area contributed by atoms with E-state index in [2.05, 4.69) is 9.62 Å². The first-order valence-corrected chi connectivity index (χ1v) is 8.86. The number of carbonyl (C=O) groups excluding carboxylic acids is 1. The van der Waals surface area contributed by atoms with Crippen LogP contribution in [0.4, 0.5) is 0 Å². The van der Waals surface area contributed by atoms with Gasteiger partial charge in [0.2, 0.25) is 15.9 Å². The predicted octanol–water partition coefficient (Wildman–Crippen LogP) is 0.190. The molecule has 0 unspecified atom stereocenters. The predicted molar refractivity (Wildman–Crippen MR) is 78.2 cm³/mol. The Bertz CT molecular complexity index is 534. The van der Waals surface area contributed by atoms with Crippen molar-refractivity contribution < 1.29 is 13.2 Å². The van der Waals surface area contributed by atoms with Gasteiger partial charge in [-0.05, 0) is 11.4 Å². The van der Waals surface area contributed by atoms with E-state index in [0.29, 0.717) is 30.4 Å². The fraction of sp³-hybridized carbons (Fsp3) is 0.583. The minimum atomic E-state index is -3.36. The molecule has 6 nitrogen and oxygen atoms in total. The van der Waals surface area contributed by atoms with Gasteiger partial charge in [0, 0.05) is 46.2 Å². The molecule has 0 atom stereocenters. The number of nitrogens with one attached hydrogen (secondary N) is 1. The number of rotatable bonds is 5. The molecule has 1 aromatic rings. The fourth-order valence-electron chi connectivity index (χ4n) is 2.11. The molecule has 1 fully saturated rings. The third-order valence-electron chi connectivity index (χ3n) is 3.30. The first kappa shape index (κ1) is 15.4. The second-order valence-electron chi connectivity index (χ2n) is 4.68. The van der Waals surface area contributed by atoms with Crippen LogP contribution in [0.15, 0.2) is 21.7 Å². The van der Waals surface area contributed by atoms with Crippen molar-refractivity contribution >= 4 is 27.3 Å². The average molecular weight is 317 g/mol. The molecule has 0 spiro atoms. The Balaban J connectivity index is 1.73. The van der Waals surface area contributed by atoms with Gasteiger partial charge >= 0.3 is 0 Å². The Hall–Kier alpha value is -0.960. The van der Waals surface area contributed by atoms with Crippen molar-refractivity contribution in [2.24, 2.45) is 0 Å². The van der Waals surface area contributed by atoms with Gasteiger partial charge in [0.05, 0.1) is 0 Å². The zero-order valence-electron chi connectivity index (χ0n) is 11.4. The van der Waals surface area contributed by atoms with E-state index >= 15 is 0 Å². The zero-order valence-corrected chi connectivity index (χ0v) is 13.0. The van der Waals surface area contributed by atoms with Gasteiger partial charge in [0.15, 0.2) is 0 Å². The third-order valence-corrected chi connectivity index (χ3v) is 6.16. The second-order valence-corrected chi connectivity index (χ2v) is 7.62. The number of nitrogens with zero attached hydrogens (tertiary/aromatic N) is 2. The Kier molecular flexibility index (Phi) is 5.14. The number of sulfonamides is 1. The summed E-state index contributed by atoms with van der Waals surface area (Å²) in [5, 5.41) is 1.75. The molecule has 20 heavy (non-hydrogen) atoms. The summed E-state index contributed by atoms with van der Waals surface area (Å²) in [5.41, 5.74) is 0. The van der Waals surface area contributed by atoms with Gasteiger partial charge in [0.1, 0.15) is 4.21 Å². The van der Waals surface area contributed by atoms with Crippen LogP contribution in [0.1, 0.15) is 6.92 Å². The highest BCUT2D eigenvalue weighted by Crippen LogP contribution is 2.14. The third kappa shape index (κ3) is 4.02. The van der Waals surface area contributed by atoms with Crippen molar-refractivity contribution in [3.05, 3.63) is 17.5 Å². The summed E-state index contributed by atoms with van der Waals surface area (Å²) in [4.78, 5) is 15.2. The summed E-state index contributed by atoms with van der Waals surface area (Å²) in [6.07, 6.45) is 0. The fourth-order valence-corrected chi connectivity index (χ4v) is 4.17. The van der Waals surface area contributed by atoms with Gasteiger partial charge in [0.25, 0.3) is 0 Å². The first-order valence-electron chi connectivity index (χ1n) is 6.50. The van der Waals surface area contributed by atoms with Crippen LogP contribution in [-0.4, -0.2) is 63.4 Å². The molecule has 0 bridgehead atoms. The molecule has 0 radical (unpaired) electrons. The molecule has 0 aliphatic carbocycles. The molecule has 8 heteroatoms. The standard InChI is InChI=1S/C12H19N3O3S2/c1-11(16)15-8-6-14(7-9-15)5-4-13-20(17,18)12-3-2-10-19-12/h2-3,10,13H,4-9H2,1H3. The van der Waals surface area contributed by atoms with Crippen molar-refractivity contribution in [1.82, 2.24) is 14.5 Å². The van der Waals surface area contributed by atoms with Gasteiger partial charge in [-0.1, -0.05) is 6.07 Å². The number of hydrogen-bond donors (Lipinski definition) is 1. The van der Waals surface area contributed by atoms with Crippen LogP contribution < -0.4 is 4.72 Å². The van der Waals surface area contributed by atoms with Crippen LogP contribution in [0.3, 0.4) is 0 Å². The molecule has 1 N–H and O–H groups in total. The van der Waals surface area contributed by atoms with Crippen LogP contribution in [0.25, 0.3) is 0 Å². The van der Waals surface area contributed by atoms with Crippen LogP contribution in [-0.2, 0) is 14.8 Å². The minimum Gasteiger partial charge on any atom is -0.340 e. The quantitative estimate of drug-likeness (QED) is 0.842. The Labute approximate surface area is 123 Å². The zero-order chi connectivity index (χ0) is 14.6. The van der Waals surface area contributed by atoms with E-state index in [1.54, 1.807) is 24.4 Å². The molecule has 0 saturated carbocycles. The molecule has 1 saturated heterocycles. The number of thiophene rings is 1. The topological polar surface area (TPSA) is 69.7 Å². The maximum absolute atomic E-state index is 11.9. The summed E-state index contributed by atoms with van der Waals surface area (Å²) >= 11 is 1.21. The van der Waals surface area contributed by atoms with Crippen LogP contribution in [0, 0.1) is 0 Å². The van der Waals surface area contributed by atoms with Crippen LogP contribution in [0.5, 0.6) is 0 Å². The minimum absolute atomic E-state index is 0.100. The van der Waals surface area contributed by atoms with E-state index in [1.165, 1.54) is 11.3 Å². The molecule has 2 rings (SSSR count). The summed E-state index contributed by atoms with van der Waals surface area (Å²) in [6, 6.07) is 3.32. The highest BCUT2D eigenvalue weighted by molar-refractivity contribution is 7.91. The second kappa shape index (κ2) is 6.66. The molecule has 1 aliphatic heterocycles. The number of amides is 1. The molecule has 112 valence electrons. The van der Waals surface area contributed by atoms with Gasteiger partial charge in [-0.2, -0.15) is 0 Å². The highest BCUT2D eigenvalue weighted by atomic mass is 32.2. The van der Waals surface area contributed by atoms with Crippen LogP contribution in [0.2, 0.25) is 0 Å². The van der Waals surface area contributed by atoms with E-state index in [9.17, 15) is 13.2 Å². The van der Waals surface area contributed by atoms with Gasteiger partial charge in [-0.3, -0.25) is 9.69 Å². The lowest BCUT2D eigenvalue weighted by Crippen LogP contribution is -2.49. The molecule has 0 aromatic carbocycles. The van der Waals surface area contributed by atoms with Crippen molar-refractivity contribution in [1.29, 1.82) is 0 Å². The lowest BCUT2D eigenvalue weighted by Gasteiger charge is -2.34. The maximum atomic E-state index is 11.9. The lowest BCUT2D eigenvalue weighted by atomic mass is 10.3. The molecule has 2 heterocycles. The number of hydrogen-bond acceptors (Lipinski definition) is 5. The summed E-state index contributed by atoms with van der Waals surface area (Å²) in [6.45, 7) is 5.64. The van der Waals surface area contributed by atoms with Gasteiger partial charge < -0.3 is 4.90 Å². The number of piperazine rings is 1. The summed E-state index contributed by atoms with van der Waals surface area (Å²) in [5.74, 6) is 0.100. The summed E-state index contributed by atoms with van der Waals surface area (Å²) < 4.78 is 26.8. The average Bonchev–Trinajstić information content (AvgIpc) is 2.94. The lowest BCUT2D eigenvalue weighted by molar-refractivity contribution is -0.130. The molecular weight excluding hydrogens is 298 g/mol. The maximum Gasteiger partial charge on any atom is 0.250 e. The molecule has 1 aromatic heterocycles. The van der Waals surface area contributed by atoms with Gasteiger partial charge in [-0.15, -0.1) is 11.3 Å². The van der Waals surface area contributed by atoms with E-state index in [4.69, 9.17) is 0 Å². The van der Waals surface area contributed by atoms with E-state index in [1.807, 2.05) is 4.90 Å². The number of carbonyl (C=O) groups is 1. The highest BCUT2D eigenvalue weighted by Gasteiger charge is 2.19. The van der Waals surface area contributed by atoms with Crippen molar-refractivity contribution in [2.75, 3.05) is 39.3 Å². The van der Waals surface area contributed by atoms with Crippen LogP contribution >= 0.6 is 11.3 Å². The van der Waals surface area contributed by atoms with Crippen molar-refractivity contribution in [2.45, 2.75) is 11.1 Å². The molecule has 1 amide bonds. The molecular formula is C12H19N3O3S2. The largest absolute Gasteiger partial charge is 0.340 e. The monoisotopic (exact) mass is 317 g/mol. The van der Waals surface area contributed by atoms with Gasteiger partial charge in [-0.25, -0.2) is 13.1 Å². The van der Waals surface area contributed by atoms with E-state index in [-0.39, 0.29) is 5.91 Å². The molecule has 1 aliphatic rings. The van der Waals surface area contributed by atoms with Crippen molar-refractivity contribution in [3.8, 4) is 0 Å². The Morgan fingerprint density at radius 2 is 2.05 bits per heavy atom. The van der Waals surface area contributed by atoms with E-state index < -0.39 is 10.0 Å². The smallest absolute Gasteiger partial charge is 0.250 e. The summed E-state index contributed by atoms with van der Waals surface area (Å²) in [7, 11) is -3.36. The van der Waals surface area contributed by atoms with Crippen molar-refractivity contribution in [3.63, 3.8) is 0 Å².